The van der Waals surface area contributed by atoms with Crippen LogP contribution in [0.25, 0.3) is 0 Å². The molecular formula is C37H36N8O14. The van der Waals surface area contributed by atoms with E-state index in [-0.39, 0.29) is 44.9 Å². The number of carbonyl (C=O) groups excluding carboxylic acids is 1. The van der Waals surface area contributed by atoms with Crippen molar-refractivity contribution in [2.45, 2.75) is 40.0 Å². The Morgan fingerprint density at radius 2 is 0.983 bits per heavy atom. The number of nitrogens with zero attached hydrogens (tertiary/aromatic N) is 3. The zero-order valence-electron chi connectivity index (χ0n) is 31.6. The Morgan fingerprint density at radius 3 is 1.37 bits per heavy atom. The van der Waals surface area contributed by atoms with Crippen LogP contribution in [0.5, 0.6) is 0 Å². The summed E-state index contributed by atoms with van der Waals surface area (Å²) in [5.74, 6) is -7.90. The normalized spacial score (nSPS) is 9.47. The number of rotatable bonds is 9. The van der Waals surface area contributed by atoms with Gasteiger partial charge in [0.25, 0.3) is 0 Å². The number of ether oxygens (including phenoxy) is 1. The number of carboxylic acid groups (broad SMARTS) is 6. The third-order valence-corrected chi connectivity index (χ3v) is 7.47. The molecule has 0 aromatic carbocycles. The van der Waals surface area contributed by atoms with Crippen molar-refractivity contribution in [3.8, 4) is 18.2 Å². The summed E-state index contributed by atoms with van der Waals surface area (Å²) in [5, 5.41) is 77.2. The highest BCUT2D eigenvalue weighted by molar-refractivity contribution is 6.04. The van der Waals surface area contributed by atoms with E-state index in [1.165, 1.54) is 57.4 Å². The van der Waals surface area contributed by atoms with Gasteiger partial charge in [0.1, 0.15) is 18.2 Å². The van der Waals surface area contributed by atoms with E-state index >= 15 is 0 Å². The van der Waals surface area contributed by atoms with Crippen molar-refractivity contribution in [1.82, 2.24) is 24.9 Å². The Hall–Kier alpha value is -8.84. The van der Waals surface area contributed by atoms with E-state index in [9.17, 15) is 33.6 Å². The lowest BCUT2D eigenvalue weighted by molar-refractivity contribution is 0.0597. The van der Waals surface area contributed by atoms with Crippen LogP contribution in [0.2, 0.25) is 0 Å². The number of hydrogen-bond acceptors (Lipinski definition) is 11. The zero-order valence-corrected chi connectivity index (χ0v) is 31.6. The van der Waals surface area contributed by atoms with Gasteiger partial charge in [-0.15, -0.1) is 0 Å². The number of nitrogens with one attached hydrogen (secondary N) is 5. The van der Waals surface area contributed by atoms with Gasteiger partial charge in [-0.3, -0.25) is 0 Å². The van der Waals surface area contributed by atoms with Crippen molar-refractivity contribution >= 4 is 41.8 Å². The minimum absolute atomic E-state index is 0.0470. The molecule has 0 aliphatic heterocycles. The van der Waals surface area contributed by atoms with E-state index in [1.54, 1.807) is 20.8 Å². The maximum absolute atomic E-state index is 10.9. The van der Waals surface area contributed by atoms with E-state index in [2.05, 4.69) is 29.7 Å². The largest absolute Gasteiger partial charge is 0.478 e. The van der Waals surface area contributed by atoms with Gasteiger partial charge in [0.15, 0.2) is 0 Å². The maximum atomic E-state index is 10.9. The fourth-order valence-electron chi connectivity index (χ4n) is 4.71. The van der Waals surface area contributed by atoms with Gasteiger partial charge in [0.2, 0.25) is 0 Å². The molecule has 5 aromatic heterocycles. The highest BCUT2D eigenvalue weighted by Crippen LogP contribution is 2.22. The molecular weight excluding hydrogens is 780 g/mol. The summed E-state index contributed by atoms with van der Waals surface area (Å²) in [5.41, 5.74) is 1.54. The van der Waals surface area contributed by atoms with Crippen LogP contribution in [0.4, 0.5) is 0 Å². The first kappa shape index (κ1) is 48.2. The lowest BCUT2D eigenvalue weighted by atomic mass is 10.0. The van der Waals surface area contributed by atoms with Crippen molar-refractivity contribution in [3.05, 3.63) is 116 Å². The Kier molecular flexibility index (Phi) is 18.4. The molecule has 59 heavy (non-hydrogen) atoms. The number of aromatic amines is 5. The average molecular weight is 817 g/mol. The van der Waals surface area contributed by atoms with Crippen LogP contribution in [-0.2, 0) is 11.2 Å². The van der Waals surface area contributed by atoms with Crippen LogP contribution in [-0.4, -0.2) is 104 Å². The van der Waals surface area contributed by atoms with Gasteiger partial charge >= 0.3 is 41.8 Å². The SMILES string of the molecule is CC(C)c1[nH]cc(C(=O)O)c1C(=O)O.CCc1[nH]cc(C(=O)O)c1C(=O)O.COC(=O)c1c[nH]cc1C#N.Cc1[nH]cc(C(=O)O)c1C(=O)O.N#Cc1c[nH]cc1C#N. The van der Waals surface area contributed by atoms with Gasteiger partial charge in [-0.2, -0.15) is 15.8 Å². The van der Waals surface area contributed by atoms with Gasteiger partial charge in [0, 0.05) is 60.5 Å². The van der Waals surface area contributed by atoms with Crippen molar-refractivity contribution in [2.75, 3.05) is 7.11 Å². The van der Waals surface area contributed by atoms with Crippen LogP contribution < -0.4 is 0 Å². The third-order valence-electron chi connectivity index (χ3n) is 7.47. The molecule has 0 atom stereocenters. The molecule has 0 aliphatic rings. The quantitative estimate of drug-likeness (QED) is 0.0901. The summed E-state index contributed by atoms with van der Waals surface area (Å²) >= 11 is 0. The van der Waals surface area contributed by atoms with Crippen LogP contribution >= 0.6 is 0 Å². The molecule has 0 saturated carbocycles. The van der Waals surface area contributed by atoms with E-state index in [0.29, 0.717) is 40.2 Å². The van der Waals surface area contributed by atoms with Crippen LogP contribution in [0, 0.1) is 40.9 Å². The maximum Gasteiger partial charge on any atom is 0.340 e. The Labute approximate surface area is 332 Å². The average Bonchev–Trinajstić information content (AvgIpc) is 4.03. The molecule has 308 valence electrons. The minimum Gasteiger partial charge on any atom is -0.478 e. The number of esters is 1. The molecule has 0 saturated heterocycles. The number of aromatic nitrogens is 5. The molecule has 0 bridgehead atoms. The molecule has 0 fully saturated rings. The lowest BCUT2D eigenvalue weighted by Crippen LogP contribution is -2.08. The van der Waals surface area contributed by atoms with Crippen LogP contribution in [0.3, 0.4) is 0 Å². The number of carbonyl (C=O) groups is 7. The summed E-state index contributed by atoms with van der Waals surface area (Å²) in [4.78, 5) is 87.7. The van der Waals surface area contributed by atoms with E-state index in [1.807, 2.05) is 18.2 Å². The number of carboxylic acids is 6. The fourth-order valence-corrected chi connectivity index (χ4v) is 4.71. The first-order valence-corrected chi connectivity index (χ1v) is 16.3. The fraction of sp³-hybridized carbons (Fsp3) is 0.189. The summed E-state index contributed by atoms with van der Waals surface area (Å²) in [6.07, 6.45) is 9.93. The van der Waals surface area contributed by atoms with E-state index < -0.39 is 41.8 Å². The van der Waals surface area contributed by atoms with Gasteiger partial charge in [-0.1, -0.05) is 20.8 Å². The Balaban J connectivity index is 0.000000371. The second kappa shape index (κ2) is 22.5. The molecule has 5 rings (SSSR count). The number of nitriles is 3. The zero-order chi connectivity index (χ0) is 45.1. The monoisotopic (exact) mass is 816 g/mol. The molecule has 22 nitrogen and oxygen atoms in total. The van der Waals surface area contributed by atoms with Crippen LogP contribution in [0.1, 0.15) is 133 Å². The van der Waals surface area contributed by atoms with Crippen molar-refractivity contribution in [1.29, 1.82) is 15.8 Å². The first-order valence-electron chi connectivity index (χ1n) is 16.3. The lowest BCUT2D eigenvalue weighted by Gasteiger charge is -2.03. The van der Waals surface area contributed by atoms with Gasteiger partial charge in [-0.25, -0.2) is 33.6 Å². The van der Waals surface area contributed by atoms with Crippen LogP contribution in [0.15, 0.2) is 43.4 Å². The van der Waals surface area contributed by atoms with Crippen molar-refractivity contribution in [3.63, 3.8) is 0 Å². The minimum atomic E-state index is -1.24. The van der Waals surface area contributed by atoms with Crippen molar-refractivity contribution in [2.24, 2.45) is 0 Å². The van der Waals surface area contributed by atoms with Gasteiger partial charge in [-0.05, 0) is 19.3 Å². The number of H-pyrrole nitrogens is 5. The summed E-state index contributed by atoms with van der Waals surface area (Å²) in [6.45, 7) is 6.85. The predicted octanol–water partition coefficient (Wildman–Crippen LogP) is 4.66. The van der Waals surface area contributed by atoms with Gasteiger partial charge in [0.05, 0.1) is 62.7 Å². The molecule has 0 unspecified atom stereocenters. The molecule has 11 N–H and O–H groups in total. The first-order chi connectivity index (χ1) is 27.7. The summed E-state index contributed by atoms with van der Waals surface area (Å²) in [6, 6.07) is 5.60. The van der Waals surface area contributed by atoms with Gasteiger partial charge < -0.3 is 60.3 Å². The molecule has 5 aromatic rings. The standard InChI is InChI=1S/C9H11NO4.C8H9NO4.C7H6N2O2.C7H7NO4.C6H3N3/c1-4(2)7-6(9(13)14)5(3-10-7)8(11)12;1-2-5-6(8(12)13)4(3-9-5)7(10)11;1-11-7(10)6-4-9-3-5(6)2-8;1-3-5(7(11)12)4(2-8-3)6(9)10;7-1-5-3-9-4-6(5)2-8/h3-4,10H,1-2H3,(H,11,12)(H,13,14);3,9H,2H2,1H3,(H,10,11)(H,12,13);3-4,9H,1H3;2,8H,1H3,(H,9,10)(H,11,12);3-4,9H. The second-order valence-corrected chi connectivity index (χ2v) is 11.5. The number of methoxy groups -OCH3 is 1. The topological polar surface area (TPSA) is 400 Å². The Morgan fingerprint density at radius 1 is 0.576 bits per heavy atom. The van der Waals surface area contributed by atoms with E-state index in [0.717, 1.165) is 0 Å². The number of aryl methyl sites for hydroxylation is 2. The molecule has 5 heterocycles. The number of aromatic carboxylic acids is 6. The molecule has 0 radical (unpaired) electrons. The van der Waals surface area contributed by atoms with E-state index in [4.69, 9.17) is 46.4 Å². The molecule has 0 aliphatic carbocycles. The molecule has 0 amide bonds. The smallest absolute Gasteiger partial charge is 0.340 e. The molecule has 0 spiro atoms. The predicted molar refractivity (Wildman–Crippen MR) is 199 cm³/mol. The summed E-state index contributed by atoms with van der Waals surface area (Å²) < 4.78 is 4.43. The Bertz CT molecular complexity index is 2430. The highest BCUT2D eigenvalue weighted by atomic mass is 16.5. The number of hydrogen-bond donors (Lipinski definition) is 11. The second-order valence-electron chi connectivity index (χ2n) is 11.5. The highest BCUT2D eigenvalue weighted by Gasteiger charge is 2.24. The van der Waals surface area contributed by atoms with Crippen molar-refractivity contribution < 1.29 is 68.9 Å². The third kappa shape index (κ3) is 12.9. The summed E-state index contributed by atoms with van der Waals surface area (Å²) in [7, 11) is 1.27. The molecule has 22 heteroatoms.